The van der Waals surface area contributed by atoms with E-state index in [2.05, 4.69) is 15.2 Å². The van der Waals surface area contributed by atoms with Gasteiger partial charge in [0.2, 0.25) is 0 Å². The normalized spacial score (nSPS) is 11.1. The van der Waals surface area contributed by atoms with Crippen molar-refractivity contribution in [1.82, 2.24) is 29.3 Å². The molecule has 0 unspecified atom stereocenters. The molecule has 0 atom stereocenters. The van der Waals surface area contributed by atoms with E-state index >= 15 is 0 Å². The molecule has 22 heavy (non-hydrogen) atoms. The van der Waals surface area contributed by atoms with E-state index < -0.39 is 0 Å². The van der Waals surface area contributed by atoms with Gasteiger partial charge in [0.25, 0.3) is 5.91 Å². The van der Waals surface area contributed by atoms with Crippen LogP contribution in [0.1, 0.15) is 27.4 Å². The highest BCUT2D eigenvalue weighted by atomic mass is 16.2. The third-order valence-corrected chi connectivity index (χ3v) is 3.68. The first-order chi connectivity index (χ1) is 10.5. The van der Waals surface area contributed by atoms with Gasteiger partial charge in [0, 0.05) is 31.7 Å². The highest BCUT2D eigenvalue weighted by Crippen LogP contribution is 2.14. The van der Waals surface area contributed by atoms with Crippen LogP contribution in [0, 0.1) is 13.8 Å². The lowest BCUT2D eigenvalue weighted by Crippen LogP contribution is -2.27. The van der Waals surface area contributed by atoms with Crippen LogP contribution in [0.3, 0.4) is 0 Å². The van der Waals surface area contributed by atoms with Crippen LogP contribution < -0.4 is 0 Å². The summed E-state index contributed by atoms with van der Waals surface area (Å²) < 4.78 is 3.45. The molecule has 0 N–H and O–H groups in total. The molecular weight excluding hydrogens is 280 g/mol. The van der Waals surface area contributed by atoms with Crippen LogP contribution in [0.25, 0.3) is 5.65 Å². The topological polar surface area (TPSA) is 68.3 Å². The number of hydrogen-bond donors (Lipinski definition) is 0. The van der Waals surface area contributed by atoms with Crippen molar-refractivity contribution in [2.75, 3.05) is 7.05 Å². The maximum atomic E-state index is 12.7. The van der Waals surface area contributed by atoms with Gasteiger partial charge in [-0.25, -0.2) is 9.50 Å². The van der Waals surface area contributed by atoms with Crippen LogP contribution in [-0.2, 0) is 13.6 Å². The number of aromatic nitrogens is 5. The highest BCUT2D eigenvalue weighted by Gasteiger charge is 2.19. The van der Waals surface area contributed by atoms with Crippen LogP contribution in [-0.4, -0.2) is 42.2 Å². The molecule has 114 valence electrons. The highest BCUT2D eigenvalue weighted by molar-refractivity contribution is 5.99. The molecule has 3 aromatic heterocycles. The van der Waals surface area contributed by atoms with E-state index in [0.717, 1.165) is 17.1 Å². The van der Waals surface area contributed by atoms with E-state index in [1.165, 1.54) is 0 Å². The molecule has 3 heterocycles. The van der Waals surface area contributed by atoms with Crippen LogP contribution in [0.2, 0.25) is 0 Å². The molecule has 0 spiro atoms. The molecule has 0 bridgehead atoms. The molecule has 7 nitrogen and oxygen atoms in total. The molecule has 0 radical (unpaired) electrons. The maximum Gasteiger partial charge on any atom is 0.259 e. The molecular formula is C15H18N6O. The van der Waals surface area contributed by atoms with E-state index in [1.54, 1.807) is 33.5 Å². The number of aryl methyl sites for hydroxylation is 3. The largest absolute Gasteiger partial charge is 0.336 e. The molecule has 0 aliphatic heterocycles. The van der Waals surface area contributed by atoms with Gasteiger partial charge in [-0.15, -0.1) is 0 Å². The van der Waals surface area contributed by atoms with Crippen molar-refractivity contribution in [3.05, 3.63) is 47.2 Å². The first-order valence-corrected chi connectivity index (χ1v) is 7.01. The van der Waals surface area contributed by atoms with E-state index in [4.69, 9.17) is 0 Å². The van der Waals surface area contributed by atoms with Crippen LogP contribution in [0.15, 0.2) is 24.5 Å². The van der Waals surface area contributed by atoms with Crippen molar-refractivity contribution in [3.63, 3.8) is 0 Å². The monoisotopic (exact) mass is 298 g/mol. The predicted octanol–water partition coefficient (Wildman–Crippen LogP) is 1.35. The molecule has 0 saturated heterocycles. The summed E-state index contributed by atoms with van der Waals surface area (Å²) in [6.45, 7) is 4.34. The van der Waals surface area contributed by atoms with Crippen molar-refractivity contribution in [2.45, 2.75) is 20.4 Å². The van der Waals surface area contributed by atoms with Crippen molar-refractivity contribution in [3.8, 4) is 0 Å². The smallest absolute Gasteiger partial charge is 0.259 e. The van der Waals surface area contributed by atoms with Crippen molar-refractivity contribution < 1.29 is 4.79 Å². The van der Waals surface area contributed by atoms with Crippen molar-refractivity contribution in [1.29, 1.82) is 0 Å². The third-order valence-electron chi connectivity index (χ3n) is 3.68. The number of amides is 1. The molecule has 0 fully saturated rings. The Morgan fingerprint density at radius 1 is 1.32 bits per heavy atom. The lowest BCUT2D eigenvalue weighted by molar-refractivity contribution is 0.0783. The summed E-state index contributed by atoms with van der Waals surface area (Å²) in [6, 6.07) is 3.83. The van der Waals surface area contributed by atoms with Crippen molar-refractivity contribution in [2.24, 2.45) is 7.05 Å². The number of carbonyl (C=O) groups is 1. The molecule has 7 heteroatoms. The van der Waals surface area contributed by atoms with E-state index in [1.807, 2.05) is 33.0 Å². The van der Waals surface area contributed by atoms with Crippen LogP contribution >= 0.6 is 0 Å². The number of rotatable bonds is 3. The fourth-order valence-electron chi connectivity index (χ4n) is 2.50. The Bertz CT molecular complexity index is 847. The standard InChI is InChI=1S/C15H18N6O/c1-10-7-11(2)21-14(18-10)13(8-17-21)15(22)19(3)9-12-5-6-16-20(12)4/h5-8H,9H2,1-4H3. The van der Waals surface area contributed by atoms with Gasteiger partial charge in [0.15, 0.2) is 5.65 Å². The zero-order valence-corrected chi connectivity index (χ0v) is 13.1. The third kappa shape index (κ3) is 2.34. The average Bonchev–Trinajstić information content (AvgIpc) is 3.05. The summed E-state index contributed by atoms with van der Waals surface area (Å²) in [6.07, 6.45) is 3.30. The fraction of sp³-hybridized carbons (Fsp3) is 0.333. The number of fused-ring (bicyclic) bond motifs is 1. The first kappa shape index (κ1) is 14.2. The second-order valence-corrected chi connectivity index (χ2v) is 5.44. The molecule has 1 amide bonds. The zero-order chi connectivity index (χ0) is 15.9. The van der Waals surface area contributed by atoms with Gasteiger partial charge in [-0.05, 0) is 26.0 Å². The lowest BCUT2D eigenvalue weighted by Gasteiger charge is -2.16. The maximum absolute atomic E-state index is 12.7. The Morgan fingerprint density at radius 3 is 2.77 bits per heavy atom. The Labute approximate surface area is 128 Å². The van der Waals surface area contributed by atoms with E-state index in [-0.39, 0.29) is 5.91 Å². The molecule has 0 aromatic carbocycles. The average molecular weight is 298 g/mol. The van der Waals surface area contributed by atoms with Crippen molar-refractivity contribution >= 4 is 11.6 Å². The second kappa shape index (κ2) is 5.25. The number of hydrogen-bond acceptors (Lipinski definition) is 4. The molecule has 3 aromatic rings. The lowest BCUT2D eigenvalue weighted by atomic mass is 10.2. The van der Waals surface area contributed by atoms with Gasteiger partial charge < -0.3 is 4.90 Å². The second-order valence-electron chi connectivity index (χ2n) is 5.44. The summed E-state index contributed by atoms with van der Waals surface area (Å²) >= 11 is 0. The summed E-state index contributed by atoms with van der Waals surface area (Å²) in [5, 5.41) is 8.38. The predicted molar refractivity (Wildman–Crippen MR) is 81.5 cm³/mol. The quantitative estimate of drug-likeness (QED) is 0.732. The Morgan fingerprint density at radius 2 is 2.09 bits per heavy atom. The van der Waals surface area contributed by atoms with Crippen LogP contribution in [0.4, 0.5) is 0 Å². The molecule has 0 aliphatic rings. The molecule has 0 saturated carbocycles. The van der Waals surface area contributed by atoms with Gasteiger partial charge in [-0.2, -0.15) is 10.2 Å². The van der Waals surface area contributed by atoms with Gasteiger partial charge in [0.1, 0.15) is 5.56 Å². The Balaban J connectivity index is 1.93. The summed E-state index contributed by atoms with van der Waals surface area (Å²) in [5.41, 5.74) is 3.90. The first-order valence-electron chi connectivity index (χ1n) is 7.01. The minimum Gasteiger partial charge on any atom is -0.336 e. The van der Waals surface area contributed by atoms with E-state index in [0.29, 0.717) is 17.8 Å². The molecule has 3 rings (SSSR count). The summed E-state index contributed by atoms with van der Waals surface area (Å²) in [5.74, 6) is -0.103. The Kier molecular flexibility index (Phi) is 3.40. The van der Waals surface area contributed by atoms with Gasteiger partial charge in [-0.1, -0.05) is 0 Å². The van der Waals surface area contributed by atoms with Gasteiger partial charge in [0.05, 0.1) is 18.4 Å². The zero-order valence-electron chi connectivity index (χ0n) is 13.1. The SMILES string of the molecule is Cc1cc(C)n2ncc(C(=O)N(C)Cc3ccnn3C)c2n1. The molecule has 0 aliphatic carbocycles. The Hall–Kier alpha value is -2.70. The summed E-state index contributed by atoms with van der Waals surface area (Å²) in [4.78, 5) is 18.8. The van der Waals surface area contributed by atoms with E-state index in [9.17, 15) is 4.79 Å². The van der Waals surface area contributed by atoms with Gasteiger partial charge in [-0.3, -0.25) is 9.48 Å². The summed E-state index contributed by atoms with van der Waals surface area (Å²) in [7, 11) is 3.62. The fourth-order valence-corrected chi connectivity index (χ4v) is 2.50. The van der Waals surface area contributed by atoms with Crippen LogP contribution in [0.5, 0.6) is 0 Å². The number of nitrogens with zero attached hydrogens (tertiary/aromatic N) is 6. The number of carbonyl (C=O) groups excluding carboxylic acids is 1. The minimum absolute atomic E-state index is 0.103. The minimum atomic E-state index is -0.103. The van der Waals surface area contributed by atoms with Gasteiger partial charge >= 0.3 is 0 Å².